The maximum absolute atomic E-state index is 12.9. The molecule has 0 saturated carbocycles. The van der Waals surface area contributed by atoms with Gasteiger partial charge in [-0.1, -0.05) is 6.07 Å². The number of fused-ring (bicyclic) bond motifs is 1. The second-order valence-electron chi connectivity index (χ2n) is 6.24. The third-order valence-corrected chi connectivity index (χ3v) is 4.08. The minimum absolute atomic E-state index is 0.0412. The average Bonchev–Trinajstić information content (AvgIpc) is 3.21. The zero-order valence-electron chi connectivity index (χ0n) is 16.1. The lowest BCUT2D eigenvalue weighted by molar-refractivity contribution is -0.137. The van der Waals surface area contributed by atoms with Gasteiger partial charge in [-0.2, -0.15) is 33.2 Å². The molecule has 2 heterocycles. The van der Waals surface area contributed by atoms with Gasteiger partial charge in [0.2, 0.25) is 24.6 Å². The summed E-state index contributed by atoms with van der Waals surface area (Å²) >= 11 is 0. The smallest absolute Gasteiger partial charge is 0.416 e. The number of nitrogens with zero attached hydrogens (tertiary/aromatic N) is 4. The largest absolute Gasteiger partial charge is 0.454 e. The van der Waals surface area contributed by atoms with Gasteiger partial charge in [-0.05, 0) is 42.0 Å². The van der Waals surface area contributed by atoms with E-state index in [-0.39, 0.29) is 30.3 Å². The van der Waals surface area contributed by atoms with E-state index >= 15 is 0 Å². The molecule has 1 aromatic heterocycles. The second-order valence-corrected chi connectivity index (χ2v) is 6.24. The lowest BCUT2D eigenvalue weighted by Gasteiger charge is -2.11. The van der Waals surface area contributed by atoms with Gasteiger partial charge in [0.25, 0.3) is 0 Å². The highest BCUT2D eigenvalue weighted by Gasteiger charge is 2.30. The Bertz CT molecular complexity index is 1120. The topological polar surface area (TPSA) is 106 Å². The Balaban J connectivity index is 1.50. The van der Waals surface area contributed by atoms with E-state index in [4.69, 9.17) is 9.47 Å². The van der Waals surface area contributed by atoms with Crippen molar-refractivity contribution in [2.75, 3.05) is 29.9 Å². The molecule has 4 rings (SSSR count). The number of benzene rings is 2. The van der Waals surface area contributed by atoms with Crippen LogP contribution in [0.5, 0.6) is 11.5 Å². The summed E-state index contributed by atoms with van der Waals surface area (Å²) in [5.74, 6) is 1.61. The zero-order valence-corrected chi connectivity index (χ0v) is 16.1. The highest BCUT2D eigenvalue weighted by atomic mass is 19.4. The van der Waals surface area contributed by atoms with Crippen LogP contribution in [-0.4, -0.2) is 35.0 Å². The fraction of sp³-hybridized carbons (Fsp3) is 0.158. The molecule has 3 N–H and O–H groups in total. The second kappa shape index (κ2) is 8.34. The average molecular weight is 431 g/mol. The Morgan fingerprint density at radius 3 is 2.55 bits per heavy atom. The Hall–Kier alpha value is -4.09. The van der Waals surface area contributed by atoms with Crippen molar-refractivity contribution in [2.24, 2.45) is 5.10 Å². The highest BCUT2D eigenvalue weighted by molar-refractivity contribution is 5.81. The van der Waals surface area contributed by atoms with Crippen LogP contribution in [0.15, 0.2) is 47.6 Å². The van der Waals surface area contributed by atoms with Gasteiger partial charge in [-0.3, -0.25) is 0 Å². The number of alkyl halides is 3. The summed E-state index contributed by atoms with van der Waals surface area (Å²) in [6, 6.07) is 10.0. The van der Waals surface area contributed by atoms with Crippen molar-refractivity contribution in [3.05, 3.63) is 53.6 Å². The first-order valence-electron chi connectivity index (χ1n) is 8.97. The molecule has 0 unspecified atom stereocenters. The van der Waals surface area contributed by atoms with Crippen LogP contribution in [0.2, 0.25) is 0 Å². The molecule has 0 fully saturated rings. The molecule has 12 heteroatoms. The molecule has 0 radical (unpaired) electrons. The Morgan fingerprint density at radius 2 is 1.74 bits per heavy atom. The maximum atomic E-state index is 12.9. The van der Waals surface area contributed by atoms with Gasteiger partial charge < -0.3 is 20.1 Å². The van der Waals surface area contributed by atoms with E-state index in [1.54, 1.807) is 25.2 Å². The SMILES string of the molecule is CNc1nc(N/N=C/c2ccc3c(c2)OCO3)nc(Nc2cccc(C(F)(F)F)c2)n1. The molecular weight excluding hydrogens is 415 g/mol. The standard InChI is InChI=1S/C19H16F3N7O2/c1-23-16-26-17(25-13-4-2-3-12(8-13)19(20,21)22)28-18(27-16)29-24-9-11-5-6-14-15(7-11)31-10-30-14/h2-9H,10H2,1H3,(H3,23,25,26,27,28,29)/b24-9+. The van der Waals surface area contributed by atoms with E-state index in [0.29, 0.717) is 11.5 Å². The monoisotopic (exact) mass is 431 g/mol. The van der Waals surface area contributed by atoms with Gasteiger partial charge in [0.15, 0.2) is 11.5 Å². The number of anilines is 4. The van der Waals surface area contributed by atoms with Gasteiger partial charge >= 0.3 is 6.18 Å². The lowest BCUT2D eigenvalue weighted by atomic mass is 10.2. The quantitative estimate of drug-likeness (QED) is 0.399. The molecule has 1 aliphatic rings. The van der Waals surface area contributed by atoms with Crippen LogP contribution in [0.1, 0.15) is 11.1 Å². The molecule has 1 aliphatic heterocycles. The minimum atomic E-state index is -4.46. The number of hydrazone groups is 1. The van der Waals surface area contributed by atoms with Crippen molar-refractivity contribution in [1.29, 1.82) is 0 Å². The summed E-state index contributed by atoms with van der Waals surface area (Å²) in [6.45, 7) is 0.174. The van der Waals surface area contributed by atoms with E-state index in [1.165, 1.54) is 18.3 Å². The summed E-state index contributed by atoms with van der Waals surface area (Å²) in [5, 5.41) is 9.58. The van der Waals surface area contributed by atoms with Crippen molar-refractivity contribution in [3.63, 3.8) is 0 Å². The predicted molar refractivity (Wildman–Crippen MR) is 108 cm³/mol. The molecule has 0 aliphatic carbocycles. The molecule has 9 nitrogen and oxygen atoms in total. The molecule has 160 valence electrons. The summed E-state index contributed by atoms with van der Waals surface area (Å²) in [7, 11) is 1.60. The van der Waals surface area contributed by atoms with Gasteiger partial charge in [0, 0.05) is 12.7 Å². The van der Waals surface area contributed by atoms with Gasteiger partial charge in [0.1, 0.15) is 0 Å². The Labute approximate surface area is 174 Å². The van der Waals surface area contributed by atoms with Gasteiger partial charge in [0.05, 0.1) is 11.8 Å². The Kier molecular flexibility index (Phi) is 5.43. The van der Waals surface area contributed by atoms with Crippen molar-refractivity contribution in [1.82, 2.24) is 15.0 Å². The van der Waals surface area contributed by atoms with Gasteiger partial charge in [-0.15, -0.1) is 0 Å². The summed E-state index contributed by atoms with van der Waals surface area (Å²) < 4.78 is 49.3. The summed E-state index contributed by atoms with van der Waals surface area (Å²) in [4.78, 5) is 12.3. The first-order valence-corrected chi connectivity index (χ1v) is 8.97. The normalized spacial score (nSPS) is 12.8. The van der Waals surface area contributed by atoms with Crippen LogP contribution in [0.3, 0.4) is 0 Å². The van der Waals surface area contributed by atoms with Crippen LogP contribution < -0.4 is 25.5 Å². The van der Waals surface area contributed by atoms with E-state index in [2.05, 4.69) is 36.1 Å². The number of hydrogen-bond acceptors (Lipinski definition) is 9. The molecule has 0 amide bonds. The lowest BCUT2D eigenvalue weighted by Crippen LogP contribution is -2.08. The van der Waals surface area contributed by atoms with E-state index in [0.717, 1.165) is 17.7 Å². The van der Waals surface area contributed by atoms with Crippen molar-refractivity contribution >= 4 is 29.7 Å². The van der Waals surface area contributed by atoms with E-state index < -0.39 is 11.7 Å². The number of halogens is 3. The van der Waals surface area contributed by atoms with Crippen LogP contribution in [-0.2, 0) is 6.18 Å². The molecule has 0 bridgehead atoms. The van der Waals surface area contributed by atoms with Crippen LogP contribution >= 0.6 is 0 Å². The van der Waals surface area contributed by atoms with Crippen molar-refractivity contribution in [3.8, 4) is 11.5 Å². The fourth-order valence-corrected chi connectivity index (χ4v) is 2.65. The molecule has 0 atom stereocenters. The van der Waals surface area contributed by atoms with Gasteiger partial charge in [-0.25, -0.2) is 5.43 Å². The predicted octanol–water partition coefficient (Wildman–Crippen LogP) is 3.85. The summed E-state index contributed by atoms with van der Waals surface area (Å²) in [6.07, 6.45) is -2.92. The van der Waals surface area contributed by atoms with Crippen LogP contribution in [0.25, 0.3) is 0 Å². The number of aromatic nitrogens is 3. The molecule has 0 saturated heterocycles. The molecule has 0 spiro atoms. The fourth-order valence-electron chi connectivity index (χ4n) is 2.65. The molecular formula is C19H16F3N7O2. The molecule has 31 heavy (non-hydrogen) atoms. The third-order valence-electron chi connectivity index (χ3n) is 4.08. The number of ether oxygens (including phenoxy) is 2. The van der Waals surface area contributed by atoms with E-state index in [1.807, 2.05) is 0 Å². The maximum Gasteiger partial charge on any atom is 0.416 e. The van der Waals surface area contributed by atoms with E-state index in [9.17, 15) is 13.2 Å². The van der Waals surface area contributed by atoms with Crippen molar-refractivity contribution < 1.29 is 22.6 Å². The third kappa shape index (κ3) is 4.91. The van der Waals surface area contributed by atoms with Crippen LogP contribution in [0, 0.1) is 0 Å². The van der Waals surface area contributed by atoms with Crippen molar-refractivity contribution in [2.45, 2.75) is 6.18 Å². The highest BCUT2D eigenvalue weighted by Crippen LogP contribution is 2.32. The first-order chi connectivity index (χ1) is 14.9. The number of nitrogens with one attached hydrogen (secondary N) is 3. The number of rotatable bonds is 6. The zero-order chi connectivity index (χ0) is 21.8. The Morgan fingerprint density at radius 1 is 0.968 bits per heavy atom. The molecule has 2 aromatic carbocycles. The van der Waals surface area contributed by atoms with Crippen LogP contribution in [0.4, 0.5) is 36.7 Å². The molecule has 3 aromatic rings. The first kappa shape index (κ1) is 20.2. The minimum Gasteiger partial charge on any atom is -0.454 e. The number of hydrogen-bond donors (Lipinski definition) is 3. The summed E-state index contributed by atoms with van der Waals surface area (Å²) in [5.41, 5.74) is 2.82.